The maximum atomic E-state index is 12.6. The Balaban J connectivity index is 1.45. The van der Waals surface area contributed by atoms with E-state index in [2.05, 4.69) is 28.5 Å². The van der Waals surface area contributed by atoms with Gasteiger partial charge in [0.1, 0.15) is 0 Å². The van der Waals surface area contributed by atoms with Crippen molar-refractivity contribution in [1.82, 2.24) is 10.3 Å². The van der Waals surface area contributed by atoms with Gasteiger partial charge in [-0.15, -0.1) is 0 Å². The van der Waals surface area contributed by atoms with Crippen LogP contribution in [-0.2, 0) is 6.42 Å². The maximum absolute atomic E-state index is 12.6. The van der Waals surface area contributed by atoms with Crippen molar-refractivity contribution in [2.75, 3.05) is 6.61 Å². The minimum atomic E-state index is -0.0598. The molecule has 0 bridgehead atoms. The third-order valence-corrected chi connectivity index (χ3v) is 4.84. The molecule has 124 valence electrons. The Kier molecular flexibility index (Phi) is 4.20. The van der Waals surface area contributed by atoms with Crippen LogP contribution in [0.3, 0.4) is 0 Å². The summed E-state index contributed by atoms with van der Waals surface area (Å²) in [5.41, 5.74) is 3.20. The molecule has 4 nitrogen and oxygen atoms in total. The summed E-state index contributed by atoms with van der Waals surface area (Å²) in [6, 6.07) is 12.0. The number of benzene rings is 1. The lowest BCUT2D eigenvalue weighted by Gasteiger charge is -2.26. The normalized spacial score (nSPS) is 19.4. The number of carbonyl (C=O) groups is 1. The van der Waals surface area contributed by atoms with Gasteiger partial charge in [-0.05, 0) is 55.2 Å². The molecule has 1 aromatic heterocycles. The highest BCUT2D eigenvalue weighted by atomic mass is 16.5. The molecule has 1 N–H and O–H groups in total. The number of aromatic nitrogens is 1. The highest BCUT2D eigenvalue weighted by Gasteiger charge is 2.23. The molecule has 4 heteroatoms. The maximum Gasteiger partial charge on any atom is 0.252 e. The van der Waals surface area contributed by atoms with E-state index in [4.69, 9.17) is 4.74 Å². The second-order valence-corrected chi connectivity index (χ2v) is 6.75. The third kappa shape index (κ3) is 3.42. The summed E-state index contributed by atoms with van der Waals surface area (Å²) in [7, 11) is 0. The molecule has 1 heterocycles. The van der Waals surface area contributed by atoms with Gasteiger partial charge in [0.25, 0.3) is 5.91 Å². The van der Waals surface area contributed by atoms with Gasteiger partial charge in [0.15, 0.2) is 0 Å². The van der Waals surface area contributed by atoms with E-state index in [-0.39, 0.29) is 11.9 Å². The van der Waals surface area contributed by atoms with E-state index in [0.717, 1.165) is 19.3 Å². The Morgan fingerprint density at radius 3 is 2.96 bits per heavy atom. The molecule has 0 aliphatic heterocycles. The van der Waals surface area contributed by atoms with Gasteiger partial charge in [-0.2, -0.15) is 0 Å². The molecule has 0 spiro atoms. The first kappa shape index (κ1) is 15.2. The van der Waals surface area contributed by atoms with Gasteiger partial charge in [0, 0.05) is 17.8 Å². The SMILES string of the molecule is O=C(N[C@@H]1CCCc2ccccc21)c1ccnc(OCC2CC2)c1. The summed E-state index contributed by atoms with van der Waals surface area (Å²) in [6.07, 6.45) is 7.30. The molecular formula is C20H22N2O2. The minimum absolute atomic E-state index is 0.0598. The van der Waals surface area contributed by atoms with Crippen LogP contribution in [0.4, 0.5) is 0 Å². The zero-order valence-corrected chi connectivity index (χ0v) is 13.7. The number of amides is 1. The highest BCUT2D eigenvalue weighted by Crippen LogP contribution is 2.30. The highest BCUT2D eigenvalue weighted by molar-refractivity contribution is 5.94. The predicted molar refractivity (Wildman–Crippen MR) is 92.0 cm³/mol. The number of nitrogens with zero attached hydrogens (tertiary/aromatic N) is 1. The quantitative estimate of drug-likeness (QED) is 0.913. The average molecular weight is 322 g/mol. The van der Waals surface area contributed by atoms with Crippen molar-refractivity contribution in [2.45, 2.75) is 38.1 Å². The van der Waals surface area contributed by atoms with Crippen LogP contribution in [0.1, 0.15) is 53.2 Å². The molecule has 1 aromatic carbocycles. The first-order valence-corrected chi connectivity index (χ1v) is 8.77. The van der Waals surface area contributed by atoms with Crippen molar-refractivity contribution in [3.63, 3.8) is 0 Å². The molecule has 2 aliphatic rings. The number of nitrogens with one attached hydrogen (secondary N) is 1. The first-order chi connectivity index (χ1) is 11.8. The van der Waals surface area contributed by atoms with Gasteiger partial charge in [-0.25, -0.2) is 4.98 Å². The van der Waals surface area contributed by atoms with Crippen molar-refractivity contribution in [3.8, 4) is 5.88 Å². The monoisotopic (exact) mass is 322 g/mol. The number of pyridine rings is 1. The summed E-state index contributed by atoms with van der Waals surface area (Å²) in [6.45, 7) is 0.702. The van der Waals surface area contributed by atoms with Crippen molar-refractivity contribution < 1.29 is 9.53 Å². The van der Waals surface area contributed by atoms with Crippen LogP contribution in [0.15, 0.2) is 42.6 Å². The number of aryl methyl sites for hydroxylation is 1. The number of carbonyl (C=O) groups excluding carboxylic acids is 1. The van der Waals surface area contributed by atoms with Crippen LogP contribution < -0.4 is 10.1 Å². The van der Waals surface area contributed by atoms with E-state index < -0.39 is 0 Å². The van der Waals surface area contributed by atoms with Crippen LogP contribution in [0, 0.1) is 5.92 Å². The molecule has 1 atom stereocenters. The van der Waals surface area contributed by atoms with Crippen molar-refractivity contribution >= 4 is 5.91 Å². The zero-order valence-electron chi connectivity index (χ0n) is 13.7. The van der Waals surface area contributed by atoms with E-state index in [1.807, 2.05) is 6.07 Å². The Labute approximate surface area is 142 Å². The summed E-state index contributed by atoms with van der Waals surface area (Å²) in [4.78, 5) is 16.8. The average Bonchev–Trinajstić information content (AvgIpc) is 3.45. The molecule has 1 amide bonds. The van der Waals surface area contributed by atoms with Crippen molar-refractivity contribution in [3.05, 3.63) is 59.3 Å². The van der Waals surface area contributed by atoms with E-state index in [1.165, 1.54) is 24.0 Å². The van der Waals surface area contributed by atoms with Crippen LogP contribution in [0.2, 0.25) is 0 Å². The van der Waals surface area contributed by atoms with E-state index in [1.54, 1.807) is 18.3 Å². The predicted octanol–water partition coefficient (Wildman–Crippen LogP) is 3.68. The molecule has 4 rings (SSSR count). The number of ether oxygens (including phenoxy) is 1. The molecule has 2 aromatic rings. The Bertz CT molecular complexity index is 740. The van der Waals surface area contributed by atoms with Crippen LogP contribution in [-0.4, -0.2) is 17.5 Å². The smallest absolute Gasteiger partial charge is 0.252 e. The molecule has 24 heavy (non-hydrogen) atoms. The van der Waals surface area contributed by atoms with Gasteiger partial charge in [-0.3, -0.25) is 4.79 Å². The lowest BCUT2D eigenvalue weighted by Crippen LogP contribution is -2.31. The molecule has 0 unspecified atom stereocenters. The number of hydrogen-bond donors (Lipinski definition) is 1. The minimum Gasteiger partial charge on any atom is -0.477 e. The van der Waals surface area contributed by atoms with Gasteiger partial charge in [0.05, 0.1) is 12.6 Å². The molecule has 2 aliphatic carbocycles. The topological polar surface area (TPSA) is 51.2 Å². The Morgan fingerprint density at radius 2 is 2.08 bits per heavy atom. The van der Waals surface area contributed by atoms with Gasteiger partial charge in [-0.1, -0.05) is 24.3 Å². The largest absolute Gasteiger partial charge is 0.477 e. The first-order valence-electron chi connectivity index (χ1n) is 8.77. The number of rotatable bonds is 5. The second kappa shape index (κ2) is 6.63. The van der Waals surface area contributed by atoms with E-state index >= 15 is 0 Å². The molecule has 0 saturated heterocycles. The van der Waals surface area contributed by atoms with Gasteiger partial charge in [0.2, 0.25) is 5.88 Å². The van der Waals surface area contributed by atoms with Gasteiger partial charge < -0.3 is 10.1 Å². The van der Waals surface area contributed by atoms with Crippen LogP contribution in [0.5, 0.6) is 5.88 Å². The molecular weight excluding hydrogens is 300 g/mol. The number of hydrogen-bond acceptors (Lipinski definition) is 3. The summed E-state index contributed by atoms with van der Waals surface area (Å²) in [5.74, 6) is 1.15. The Morgan fingerprint density at radius 1 is 1.21 bits per heavy atom. The second-order valence-electron chi connectivity index (χ2n) is 6.75. The lowest BCUT2D eigenvalue weighted by molar-refractivity contribution is 0.0932. The standard InChI is InChI=1S/C20H22N2O2/c23-20(16-10-11-21-19(12-16)24-13-14-8-9-14)22-18-7-3-5-15-4-1-2-6-17(15)18/h1-2,4,6,10-12,14,18H,3,5,7-9,13H2,(H,22,23)/t18-/m1/s1. The fourth-order valence-corrected chi connectivity index (χ4v) is 3.26. The lowest BCUT2D eigenvalue weighted by atomic mass is 9.87. The summed E-state index contributed by atoms with van der Waals surface area (Å²) in [5, 5.41) is 3.17. The fourth-order valence-electron chi connectivity index (χ4n) is 3.26. The van der Waals surface area contributed by atoms with Crippen LogP contribution >= 0.6 is 0 Å². The molecule has 1 fully saturated rings. The third-order valence-electron chi connectivity index (χ3n) is 4.84. The molecule has 0 radical (unpaired) electrons. The molecule has 1 saturated carbocycles. The Hall–Kier alpha value is -2.36. The van der Waals surface area contributed by atoms with Crippen LogP contribution in [0.25, 0.3) is 0 Å². The van der Waals surface area contributed by atoms with Crippen molar-refractivity contribution in [2.24, 2.45) is 5.92 Å². The number of fused-ring (bicyclic) bond motifs is 1. The van der Waals surface area contributed by atoms with E-state index in [0.29, 0.717) is 24.0 Å². The summed E-state index contributed by atoms with van der Waals surface area (Å²) >= 11 is 0. The van der Waals surface area contributed by atoms with Gasteiger partial charge >= 0.3 is 0 Å². The van der Waals surface area contributed by atoms with Crippen molar-refractivity contribution in [1.29, 1.82) is 0 Å². The fraction of sp³-hybridized carbons (Fsp3) is 0.400. The van der Waals surface area contributed by atoms with E-state index in [9.17, 15) is 4.79 Å². The summed E-state index contributed by atoms with van der Waals surface area (Å²) < 4.78 is 5.68. The zero-order chi connectivity index (χ0) is 16.4.